The van der Waals surface area contributed by atoms with Gasteiger partial charge in [-0.3, -0.25) is 14.4 Å². The van der Waals surface area contributed by atoms with Gasteiger partial charge in [-0.15, -0.1) is 0 Å². The molecule has 0 aromatic heterocycles. The highest BCUT2D eigenvalue weighted by atomic mass is 16.5. The maximum absolute atomic E-state index is 13.3. The molecule has 2 aliphatic heterocycles. The van der Waals surface area contributed by atoms with Gasteiger partial charge in [-0.05, 0) is 63.0 Å². The standard InChI is InChI=1S/C25H33N3O4/c1-16(23(31)28-12-6-3-7-13-28)26-22(30)19-14-17-10-11-24(19,2)15-25(17)27-21(29)18-8-4-5-9-20(18)32-25/h4-5,8-9,16-17,19H,3,6-7,10-15H2,1-2H3,(H,26,30)(H,27,29)/t16-,17+,19+,24-,25-/m0/s1. The van der Waals surface area contributed by atoms with E-state index in [1.165, 1.54) is 0 Å². The highest BCUT2D eigenvalue weighted by Gasteiger charge is 2.62. The first-order valence-corrected chi connectivity index (χ1v) is 12.0. The van der Waals surface area contributed by atoms with Gasteiger partial charge in [0.15, 0.2) is 5.72 Å². The minimum atomic E-state index is -0.759. The summed E-state index contributed by atoms with van der Waals surface area (Å²) in [4.78, 5) is 40.8. The Bertz CT molecular complexity index is 943. The highest BCUT2D eigenvalue weighted by molar-refractivity contribution is 5.98. The summed E-state index contributed by atoms with van der Waals surface area (Å²) in [5, 5.41) is 6.17. The SMILES string of the molecule is C[C@H](NC(=O)[C@H]1C[C@H]2CC[C@@]1(C)C[C@@]21NC(=O)c2ccccc2O1)C(=O)N1CCCCC1. The van der Waals surface area contributed by atoms with Crippen LogP contribution in [0.15, 0.2) is 24.3 Å². The Hall–Kier alpha value is -2.57. The third kappa shape index (κ3) is 3.46. The van der Waals surface area contributed by atoms with Crippen LogP contribution in [0.2, 0.25) is 0 Å². The third-order valence-corrected chi connectivity index (χ3v) is 8.21. The van der Waals surface area contributed by atoms with Crippen LogP contribution >= 0.6 is 0 Å². The molecule has 3 aliphatic carbocycles. The lowest BCUT2D eigenvalue weighted by Gasteiger charge is -2.59. The van der Waals surface area contributed by atoms with Crippen molar-refractivity contribution in [1.29, 1.82) is 0 Å². The monoisotopic (exact) mass is 439 g/mol. The molecule has 32 heavy (non-hydrogen) atoms. The normalized spacial score (nSPS) is 34.3. The number of hydrogen-bond acceptors (Lipinski definition) is 4. The van der Waals surface area contributed by atoms with Crippen LogP contribution < -0.4 is 15.4 Å². The van der Waals surface area contributed by atoms with Crippen LogP contribution in [0.5, 0.6) is 5.75 Å². The van der Waals surface area contributed by atoms with E-state index in [2.05, 4.69) is 17.6 Å². The highest BCUT2D eigenvalue weighted by Crippen LogP contribution is 2.58. The predicted octanol–water partition coefficient (Wildman–Crippen LogP) is 2.85. The Morgan fingerprint density at radius 2 is 1.97 bits per heavy atom. The lowest BCUT2D eigenvalue weighted by Crippen LogP contribution is -2.69. The maximum Gasteiger partial charge on any atom is 0.258 e. The zero-order chi connectivity index (χ0) is 22.5. The molecule has 1 aromatic carbocycles. The summed E-state index contributed by atoms with van der Waals surface area (Å²) in [5.41, 5.74) is -0.499. The molecule has 6 rings (SSSR count). The van der Waals surface area contributed by atoms with Crippen LogP contribution in [0.1, 0.15) is 69.2 Å². The molecule has 0 radical (unpaired) electrons. The molecule has 1 spiro atoms. The summed E-state index contributed by atoms with van der Waals surface area (Å²) >= 11 is 0. The Kier molecular flexibility index (Phi) is 5.18. The molecule has 0 unspecified atom stereocenters. The van der Waals surface area contributed by atoms with E-state index in [0.29, 0.717) is 24.2 Å². The number of piperidine rings is 1. The number of hydrogen-bond donors (Lipinski definition) is 2. The van der Waals surface area contributed by atoms with Crippen molar-refractivity contribution in [2.45, 2.75) is 70.6 Å². The maximum atomic E-state index is 13.3. The molecular weight excluding hydrogens is 406 g/mol. The molecule has 172 valence electrons. The second-order valence-electron chi connectivity index (χ2n) is 10.4. The lowest BCUT2D eigenvalue weighted by atomic mass is 9.52. The quantitative estimate of drug-likeness (QED) is 0.758. The molecule has 1 aromatic rings. The van der Waals surface area contributed by atoms with Gasteiger partial charge < -0.3 is 20.3 Å². The van der Waals surface area contributed by atoms with Crippen molar-refractivity contribution >= 4 is 17.7 Å². The Balaban J connectivity index is 1.30. The van der Waals surface area contributed by atoms with E-state index in [1.54, 1.807) is 13.0 Å². The number of likely N-dealkylation sites (tertiary alicyclic amines) is 1. The van der Waals surface area contributed by atoms with E-state index in [-0.39, 0.29) is 35.0 Å². The smallest absolute Gasteiger partial charge is 0.258 e. The molecule has 3 saturated carbocycles. The van der Waals surface area contributed by atoms with Crippen molar-refractivity contribution in [3.8, 4) is 5.75 Å². The fourth-order valence-electron chi connectivity index (χ4n) is 6.42. The topological polar surface area (TPSA) is 87.7 Å². The molecule has 2 heterocycles. The number of ether oxygens (including phenoxy) is 1. The van der Waals surface area contributed by atoms with Gasteiger partial charge in [0.25, 0.3) is 5.91 Å². The number of carbonyl (C=O) groups excluding carboxylic acids is 3. The number of rotatable bonds is 3. The van der Waals surface area contributed by atoms with Gasteiger partial charge in [-0.25, -0.2) is 0 Å². The van der Waals surface area contributed by atoms with Gasteiger partial charge in [0.05, 0.1) is 5.56 Å². The van der Waals surface area contributed by atoms with Gasteiger partial charge in [-0.1, -0.05) is 19.1 Å². The fourth-order valence-corrected chi connectivity index (χ4v) is 6.42. The number of fused-ring (bicyclic) bond motifs is 3. The number of benzene rings is 1. The van der Waals surface area contributed by atoms with Crippen molar-refractivity contribution < 1.29 is 19.1 Å². The van der Waals surface area contributed by atoms with Gasteiger partial charge in [0.1, 0.15) is 11.8 Å². The van der Waals surface area contributed by atoms with Crippen LogP contribution in [0, 0.1) is 17.3 Å². The molecule has 5 atom stereocenters. The Morgan fingerprint density at radius 3 is 2.72 bits per heavy atom. The molecule has 1 saturated heterocycles. The summed E-state index contributed by atoms with van der Waals surface area (Å²) in [7, 11) is 0. The molecule has 7 heteroatoms. The molecular formula is C25H33N3O4. The summed E-state index contributed by atoms with van der Waals surface area (Å²) in [6, 6.07) is 6.82. The number of amides is 3. The van der Waals surface area contributed by atoms with Crippen molar-refractivity contribution in [1.82, 2.24) is 15.5 Å². The summed E-state index contributed by atoms with van der Waals surface area (Å²) in [6.45, 7) is 5.48. The van der Waals surface area contributed by atoms with Crippen molar-refractivity contribution in [2.75, 3.05) is 13.1 Å². The first-order chi connectivity index (χ1) is 15.3. The zero-order valence-corrected chi connectivity index (χ0v) is 19.0. The summed E-state index contributed by atoms with van der Waals surface area (Å²) in [6.07, 6.45) is 6.29. The van der Waals surface area contributed by atoms with E-state index in [1.807, 2.05) is 23.1 Å². The molecule has 5 aliphatic rings. The zero-order valence-electron chi connectivity index (χ0n) is 19.0. The Morgan fingerprint density at radius 1 is 1.22 bits per heavy atom. The van der Waals surface area contributed by atoms with Crippen LogP contribution in [-0.4, -0.2) is 47.5 Å². The van der Waals surface area contributed by atoms with E-state index in [4.69, 9.17) is 4.74 Å². The van der Waals surface area contributed by atoms with Crippen LogP contribution in [0.3, 0.4) is 0 Å². The van der Waals surface area contributed by atoms with Gasteiger partial charge in [-0.2, -0.15) is 0 Å². The number of carbonyl (C=O) groups is 3. The van der Waals surface area contributed by atoms with E-state index < -0.39 is 11.8 Å². The minimum absolute atomic E-state index is 0.0140. The molecule has 7 nitrogen and oxygen atoms in total. The second kappa shape index (κ2) is 7.78. The van der Waals surface area contributed by atoms with Crippen LogP contribution in [0.4, 0.5) is 0 Å². The van der Waals surface area contributed by atoms with E-state index in [9.17, 15) is 14.4 Å². The number of nitrogens with one attached hydrogen (secondary N) is 2. The van der Waals surface area contributed by atoms with E-state index in [0.717, 1.165) is 45.2 Å². The molecule has 4 fully saturated rings. The van der Waals surface area contributed by atoms with Gasteiger partial charge >= 0.3 is 0 Å². The summed E-state index contributed by atoms with van der Waals surface area (Å²) in [5.74, 6) is 0.345. The first kappa shape index (κ1) is 21.3. The summed E-state index contributed by atoms with van der Waals surface area (Å²) < 4.78 is 6.43. The van der Waals surface area contributed by atoms with Crippen molar-refractivity contribution in [3.05, 3.63) is 29.8 Å². The van der Waals surface area contributed by atoms with Crippen molar-refractivity contribution in [3.63, 3.8) is 0 Å². The first-order valence-electron chi connectivity index (χ1n) is 12.0. The van der Waals surface area contributed by atoms with E-state index >= 15 is 0 Å². The van der Waals surface area contributed by atoms with Crippen LogP contribution in [-0.2, 0) is 9.59 Å². The largest absolute Gasteiger partial charge is 0.467 e. The average Bonchev–Trinajstić information content (AvgIpc) is 2.78. The van der Waals surface area contributed by atoms with Crippen LogP contribution in [0.25, 0.3) is 0 Å². The fraction of sp³-hybridized carbons (Fsp3) is 0.640. The molecule has 2 bridgehead atoms. The minimum Gasteiger partial charge on any atom is -0.467 e. The predicted molar refractivity (Wildman–Crippen MR) is 119 cm³/mol. The number of para-hydroxylation sites is 1. The van der Waals surface area contributed by atoms with Crippen molar-refractivity contribution in [2.24, 2.45) is 17.3 Å². The molecule has 2 N–H and O–H groups in total. The average molecular weight is 440 g/mol. The molecule has 3 amide bonds. The van der Waals surface area contributed by atoms with Gasteiger partial charge in [0, 0.05) is 31.3 Å². The Labute approximate surface area is 189 Å². The third-order valence-electron chi connectivity index (χ3n) is 8.21. The number of nitrogens with zero attached hydrogens (tertiary/aromatic N) is 1. The van der Waals surface area contributed by atoms with Gasteiger partial charge in [0.2, 0.25) is 11.8 Å². The lowest BCUT2D eigenvalue weighted by molar-refractivity contribution is -0.168. The second-order valence-corrected chi connectivity index (χ2v) is 10.4.